The van der Waals surface area contributed by atoms with Crippen LogP contribution in [-0.4, -0.2) is 58.4 Å². The smallest absolute Gasteiger partial charge is 0.320 e. The van der Waals surface area contributed by atoms with Crippen molar-refractivity contribution in [2.24, 2.45) is 22.9 Å². The minimum atomic E-state index is -0.933. The highest BCUT2D eigenvalue weighted by molar-refractivity contribution is 5.73. The first kappa shape index (κ1) is 29.0. The number of carbonyl (C=O) groups is 3. The van der Waals surface area contributed by atoms with Gasteiger partial charge in [0.05, 0.1) is 0 Å². The molecule has 0 spiro atoms. The maximum absolute atomic E-state index is 10.1. The Morgan fingerprint density at radius 1 is 0.769 bits per heavy atom. The summed E-state index contributed by atoms with van der Waals surface area (Å²) in [4.78, 5) is 29.9. The highest BCUT2D eigenvalue weighted by Crippen LogP contribution is 1.97. The van der Waals surface area contributed by atoms with Crippen molar-refractivity contribution in [2.45, 2.75) is 70.4 Å². The summed E-state index contributed by atoms with van der Waals surface area (Å²) in [5.41, 5.74) is 20.8. The highest BCUT2D eigenvalue weighted by Gasteiger charge is 2.09. The van der Waals surface area contributed by atoms with Crippen LogP contribution in [-0.2, 0) is 14.4 Å². The van der Waals surface area contributed by atoms with Crippen LogP contribution < -0.4 is 22.9 Å². The van der Waals surface area contributed by atoms with E-state index in [4.69, 9.17) is 38.3 Å². The first-order chi connectivity index (χ1) is 12.1. The number of carboxylic acids is 3. The van der Waals surface area contributed by atoms with Crippen molar-refractivity contribution in [2.75, 3.05) is 13.1 Å². The molecule has 11 N–H and O–H groups in total. The molecule has 0 aliphatic carbocycles. The van der Waals surface area contributed by atoms with Crippen LogP contribution >= 0.6 is 0 Å². The van der Waals surface area contributed by atoms with Crippen molar-refractivity contribution in [1.82, 2.24) is 0 Å². The summed E-state index contributed by atoms with van der Waals surface area (Å²) >= 11 is 0. The van der Waals surface area contributed by atoms with Crippen LogP contribution in [0.4, 0.5) is 0 Å². The Morgan fingerprint density at radius 2 is 1.12 bits per heavy atom. The van der Waals surface area contributed by atoms with E-state index in [9.17, 15) is 14.4 Å². The van der Waals surface area contributed by atoms with E-state index in [-0.39, 0.29) is 0 Å². The van der Waals surface area contributed by atoms with Gasteiger partial charge in [0.25, 0.3) is 0 Å². The number of nitrogens with two attached hydrogens (primary N) is 4. The van der Waals surface area contributed by atoms with Crippen LogP contribution in [0.25, 0.3) is 0 Å². The molecule has 0 amide bonds. The number of rotatable bonds is 12. The Bertz CT molecular complexity index is 343. The third-order valence-electron chi connectivity index (χ3n) is 3.04. The van der Waals surface area contributed by atoms with Gasteiger partial charge in [0, 0.05) is 6.42 Å². The molecular formula is C16H36N4O6. The number of carboxylic acid groups (broad SMARTS) is 3. The molecule has 0 heterocycles. The molecule has 0 aromatic heterocycles. The van der Waals surface area contributed by atoms with Crippen molar-refractivity contribution in [3.8, 4) is 0 Å². The monoisotopic (exact) mass is 380 g/mol. The van der Waals surface area contributed by atoms with Gasteiger partial charge in [-0.1, -0.05) is 19.8 Å². The fourth-order valence-corrected chi connectivity index (χ4v) is 1.48. The maximum atomic E-state index is 10.1. The molecule has 0 bridgehead atoms. The number of aliphatic carboxylic acids is 3. The summed E-state index contributed by atoms with van der Waals surface area (Å²) < 4.78 is 0. The van der Waals surface area contributed by atoms with Crippen molar-refractivity contribution in [3.05, 3.63) is 0 Å². The second-order valence-electron chi connectivity index (χ2n) is 5.60. The predicted octanol–water partition coefficient (Wildman–Crippen LogP) is -0.0743. The van der Waals surface area contributed by atoms with Crippen LogP contribution in [0.1, 0.15) is 58.3 Å². The maximum Gasteiger partial charge on any atom is 0.320 e. The number of unbranched alkanes of at least 4 members (excludes halogenated alkanes) is 2. The van der Waals surface area contributed by atoms with Gasteiger partial charge >= 0.3 is 17.9 Å². The molecule has 156 valence electrons. The minimum Gasteiger partial charge on any atom is -0.481 e. The average molecular weight is 380 g/mol. The zero-order valence-electron chi connectivity index (χ0n) is 15.6. The summed E-state index contributed by atoms with van der Waals surface area (Å²) in [6, 6.07) is -1.43. The van der Waals surface area contributed by atoms with Crippen LogP contribution in [0.5, 0.6) is 0 Å². The van der Waals surface area contributed by atoms with Gasteiger partial charge in [0.1, 0.15) is 12.1 Å². The van der Waals surface area contributed by atoms with Crippen LogP contribution in [0, 0.1) is 0 Å². The van der Waals surface area contributed by atoms with Gasteiger partial charge in [-0.25, -0.2) is 0 Å². The summed E-state index contributed by atoms with van der Waals surface area (Å²) in [7, 11) is 0. The highest BCUT2D eigenvalue weighted by atomic mass is 16.4. The first-order valence-corrected chi connectivity index (χ1v) is 8.72. The van der Waals surface area contributed by atoms with Gasteiger partial charge < -0.3 is 38.3 Å². The molecule has 10 heteroatoms. The molecule has 0 unspecified atom stereocenters. The lowest BCUT2D eigenvalue weighted by molar-refractivity contribution is -0.139. The molecule has 2 atom stereocenters. The zero-order chi connectivity index (χ0) is 21.0. The van der Waals surface area contributed by atoms with Gasteiger partial charge in [-0.2, -0.15) is 0 Å². The third-order valence-corrected chi connectivity index (χ3v) is 3.04. The van der Waals surface area contributed by atoms with Crippen molar-refractivity contribution < 1.29 is 29.7 Å². The van der Waals surface area contributed by atoms with E-state index in [2.05, 4.69) is 0 Å². The van der Waals surface area contributed by atoms with Gasteiger partial charge in [-0.15, -0.1) is 0 Å². The molecule has 0 aromatic carbocycles. The second kappa shape index (κ2) is 21.3. The van der Waals surface area contributed by atoms with Gasteiger partial charge in [-0.3, -0.25) is 14.4 Å². The third kappa shape index (κ3) is 27.1. The molecule has 0 aliphatic rings. The summed E-state index contributed by atoms with van der Waals surface area (Å²) in [5, 5.41) is 24.6. The molecule has 0 aromatic rings. The van der Waals surface area contributed by atoms with E-state index < -0.39 is 30.0 Å². The lowest BCUT2D eigenvalue weighted by Gasteiger charge is -2.03. The largest absolute Gasteiger partial charge is 0.481 e. The SMILES string of the molecule is CCCC(=O)O.NCCCC[C@H](N)C(=O)O.NCCCC[C@H](N)C(=O)O. The normalized spacial score (nSPS) is 11.9. The van der Waals surface area contributed by atoms with Crippen molar-refractivity contribution in [3.63, 3.8) is 0 Å². The molecule has 0 saturated heterocycles. The first-order valence-electron chi connectivity index (χ1n) is 8.72. The number of hydrogen-bond donors (Lipinski definition) is 7. The van der Waals surface area contributed by atoms with Crippen molar-refractivity contribution in [1.29, 1.82) is 0 Å². The average Bonchev–Trinajstić information content (AvgIpc) is 2.56. The Morgan fingerprint density at radius 3 is 1.27 bits per heavy atom. The Labute approximate surface area is 154 Å². The minimum absolute atomic E-state index is 0.292. The van der Waals surface area contributed by atoms with Crippen LogP contribution in [0.15, 0.2) is 0 Å². The van der Waals surface area contributed by atoms with E-state index in [1.807, 2.05) is 6.92 Å². The van der Waals surface area contributed by atoms with E-state index in [1.54, 1.807) is 0 Å². The molecular weight excluding hydrogens is 344 g/mol. The fraction of sp³-hybridized carbons (Fsp3) is 0.812. The van der Waals surface area contributed by atoms with Gasteiger partial charge in [-0.05, 0) is 45.2 Å². The zero-order valence-corrected chi connectivity index (χ0v) is 15.6. The predicted molar refractivity (Wildman–Crippen MR) is 99.6 cm³/mol. The lowest BCUT2D eigenvalue weighted by Crippen LogP contribution is -2.29. The van der Waals surface area contributed by atoms with E-state index in [1.165, 1.54) is 0 Å². The standard InChI is InChI=1S/2C6H14N2O2.C4H8O2/c2*7-4-2-1-3-5(8)6(9)10;1-2-3-4(5)6/h2*5H,1-4,7-8H2,(H,9,10);2-3H2,1H3,(H,5,6)/t2*5-;/m00./s1. The molecule has 26 heavy (non-hydrogen) atoms. The van der Waals surface area contributed by atoms with Crippen LogP contribution in [0.2, 0.25) is 0 Å². The molecule has 10 nitrogen and oxygen atoms in total. The molecule has 0 radical (unpaired) electrons. The number of hydrogen-bond acceptors (Lipinski definition) is 7. The summed E-state index contributed by atoms with van der Waals surface area (Å²) in [5.74, 6) is -2.58. The molecule has 0 fully saturated rings. The van der Waals surface area contributed by atoms with E-state index >= 15 is 0 Å². The topological polar surface area (TPSA) is 216 Å². The Kier molecular flexibility index (Phi) is 23.8. The molecule has 0 rings (SSSR count). The molecule has 0 aliphatic heterocycles. The lowest BCUT2D eigenvalue weighted by atomic mass is 10.1. The van der Waals surface area contributed by atoms with Gasteiger partial charge in [0.2, 0.25) is 0 Å². The summed E-state index contributed by atoms with van der Waals surface area (Å²) in [6.07, 6.45) is 5.35. The summed E-state index contributed by atoms with van der Waals surface area (Å²) in [6.45, 7) is 3.05. The Hall–Kier alpha value is -1.75. The quantitative estimate of drug-likeness (QED) is 0.223. The fourth-order valence-electron chi connectivity index (χ4n) is 1.48. The van der Waals surface area contributed by atoms with E-state index in [0.717, 1.165) is 32.1 Å². The van der Waals surface area contributed by atoms with Gasteiger partial charge in [0.15, 0.2) is 0 Å². The van der Waals surface area contributed by atoms with Crippen molar-refractivity contribution >= 4 is 17.9 Å². The van der Waals surface area contributed by atoms with Crippen LogP contribution in [0.3, 0.4) is 0 Å². The molecule has 0 saturated carbocycles. The van der Waals surface area contributed by atoms with E-state index in [0.29, 0.717) is 32.4 Å². The Balaban J connectivity index is -0.000000316. The second-order valence-corrected chi connectivity index (χ2v) is 5.60.